The molecule has 1 unspecified atom stereocenters. The zero-order valence-electron chi connectivity index (χ0n) is 15.7. The molecule has 0 fully saturated rings. The second kappa shape index (κ2) is 9.58. The van der Waals surface area contributed by atoms with Crippen molar-refractivity contribution in [1.82, 2.24) is 4.57 Å². The number of aromatic nitrogens is 1. The smallest absolute Gasteiger partial charge is 0.423 e. The first kappa shape index (κ1) is 24.5. The van der Waals surface area contributed by atoms with Crippen LogP contribution in [0.5, 0.6) is 11.8 Å². The van der Waals surface area contributed by atoms with Crippen molar-refractivity contribution in [2.24, 2.45) is 5.16 Å². The molecule has 1 aromatic carbocycles. The summed E-state index contributed by atoms with van der Waals surface area (Å²) >= 11 is 0. The van der Waals surface area contributed by atoms with E-state index in [9.17, 15) is 36.6 Å². The molecule has 1 aromatic heterocycles. The van der Waals surface area contributed by atoms with Gasteiger partial charge in [0.2, 0.25) is 17.9 Å². The number of carbonyl (C=O) groups excluding carboxylic acids is 1. The minimum absolute atomic E-state index is 0.0414. The summed E-state index contributed by atoms with van der Waals surface area (Å²) in [6, 6.07) is 8.25. The van der Waals surface area contributed by atoms with Gasteiger partial charge in [0, 0.05) is 17.7 Å². The molecule has 1 heterocycles. The number of nitrogens with zero attached hydrogens (tertiary/aromatic N) is 3. The molecule has 3 N–H and O–H groups in total. The maximum atomic E-state index is 14.0. The molecule has 1 atom stereocenters. The normalized spacial score (nSPS) is 13.3. The molecular weight excluding hydrogens is 463 g/mol. The van der Waals surface area contributed by atoms with Gasteiger partial charge >= 0.3 is 21.5 Å². The molecule has 0 saturated heterocycles. The molecule has 0 radical (unpaired) electrons. The first-order valence-electron chi connectivity index (χ1n) is 8.34. The van der Waals surface area contributed by atoms with E-state index in [-0.39, 0.29) is 16.7 Å². The van der Waals surface area contributed by atoms with E-state index in [2.05, 4.69) is 14.2 Å². The third kappa shape index (κ3) is 5.10. The first-order chi connectivity index (χ1) is 14.9. The van der Waals surface area contributed by atoms with Crippen molar-refractivity contribution < 1.29 is 50.7 Å². The number of carbonyl (C=O) groups is 1. The summed E-state index contributed by atoms with van der Waals surface area (Å²) in [6.45, 7) is -2.13. The van der Waals surface area contributed by atoms with E-state index in [1.54, 1.807) is 0 Å². The third-order valence-electron chi connectivity index (χ3n) is 3.82. The van der Waals surface area contributed by atoms with Crippen LogP contribution in [0.1, 0.15) is 11.1 Å². The van der Waals surface area contributed by atoms with Crippen LogP contribution in [0, 0.1) is 11.3 Å². The molecule has 0 aliphatic rings. The summed E-state index contributed by atoms with van der Waals surface area (Å²) in [5.74, 6) is -1.70. The van der Waals surface area contributed by atoms with Crippen LogP contribution >= 0.6 is 0 Å². The van der Waals surface area contributed by atoms with Crippen LogP contribution in [-0.2, 0) is 25.7 Å². The molecule has 0 aliphatic carbocycles. The number of hydrogen-bond donors (Lipinski definition) is 3. The highest BCUT2D eigenvalue weighted by molar-refractivity contribution is 7.87. The standard InChI is InChI=1S/C17H14F3N3O8S/c18-13(9-30-16(27)23-14(25)5-6-15(23)26)17(19,20)32(28,29)31-22-12(7-21)11-3-1-10(8-24)2-4-11/h1-6,13,24-26H,8-9H2. The second-order valence-corrected chi connectivity index (χ2v) is 7.53. The SMILES string of the molecule is N#CC(=NOS(=O)(=O)C(F)(F)C(F)COC(=O)n1c(O)ccc1O)c1ccc(CO)cc1. The number of alkyl halides is 3. The van der Waals surface area contributed by atoms with Crippen molar-refractivity contribution in [3.63, 3.8) is 0 Å². The Morgan fingerprint density at radius 1 is 1.19 bits per heavy atom. The molecule has 0 aliphatic heterocycles. The number of hydrogen-bond acceptors (Lipinski definition) is 10. The van der Waals surface area contributed by atoms with Crippen molar-refractivity contribution in [2.75, 3.05) is 6.61 Å². The largest absolute Gasteiger partial charge is 0.494 e. The average Bonchev–Trinajstić information content (AvgIpc) is 3.10. The number of nitriles is 1. The van der Waals surface area contributed by atoms with Gasteiger partial charge in [0.1, 0.15) is 12.7 Å². The summed E-state index contributed by atoms with van der Waals surface area (Å²) in [6.07, 6.45) is -5.31. The Bertz CT molecular complexity index is 1140. The molecule has 0 saturated carbocycles. The number of aliphatic hydroxyl groups excluding tert-OH is 1. The monoisotopic (exact) mass is 477 g/mol. The van der Waals surface area contributed by atoms with Crippen molar-refractivity contribution in [3.05, 3.63) is 47.5 Å². The number of benzene rings is 1. The fourth-order valence-corrected chi connectivity index (χ4v) is 2.76. The Morgan fingerprint density at radius 2 is 1.75 bits per heavy atom. The van der Waals surface area contributed by atoms with Gasteiger partial charge in [0.25, 0.3) is 0 Å². The summed E-state index contributed by atoms with van der Waals surface area (Å²) < 4.78 is 73.5. The van der Waals surface area contributed by atoms with E-state index in [4.69, 9.17) is 10.4 Å². The van der Waals surface area contributed by atoms with Gasteiger partial charge < -0.3 is 20.1 Å². The molecule has 172 valence electrons. The molecule has 15 heteroatoms. The first-order valence-corrected chi connectivity index (χ1v) is 9.75. The predicted octanol–water partition coefficient (Wildman–Crippen LogP) is 1.58. The Balaban J connectivity index is 2.12. The summed E-state index contributed by atoms with van der Waals surface area (Å²) in [5, 5.41) is 34.2. The van der Waals surface area contributed by atoms with Crippen LogP contribution in [0.2, 0.25) is 0 Å². The van der Waals surface area contributed by atoms with Crippen molar-refractivity contribution >= 4 is 21.9 Å². The van der Waals surface area contributed by atoms with E-state index in [0.717, 1.165) is 12.1 Å². The Hall–Kier alpha value is -3.77. The van der Waals surface area contributed by atoms with Crippen LogP contribution in [0.25, 0.3) is 0 Å². The molecule has 2 rings (SSSR count). The fraction of sp³-hybridized carbons (Fsp3) is 0.235. The summed E-state index contributed by atoms with van der Waals surface area (Å²) in [4.78, 5) is 11.6. The van der Waals surface area contributed by atoms with Crippen molar-refractivity contribution in [1.29, 1.82) is 5.26 Å². The number of aliphatic hydroxyl groups is 1. The van der Waals surface area contributed by atoms with Crippen LogP contribution in [0.3, 0.4) is 0 Å². The zero-order chi connectivity index (χ0) is 24.1. The average molecular weight is 477 g/mol. The maximum Gasteiger partial charge on any atom is 0.423 e. The van der Waals surface area contributed by atoms with Crippen molar-refractivity contribution in [3.8, 4) is 17.8 Å². The topological polar surface area (TPSA) is 171 Å². The van der Waals surface area contributed by atoms with Gasteiger partial charge in [-0.1, -0.05) is 29.4 Å². The van der Waals surface area contributed by atoms with E-state index in [0.29, 0.717) is 5.56 Å². The number of oxime groups is 1. The highest BCUT2D eigenvalue weighted by Crippen LogP contribution is 2.31. The lowest BCUT2D eigenvalue weighted by Gasteiger charge is -2.18. The lowest BCUT2D eigenvalue weighted by Crippen LogP contribution is -2.42. The third-order valence-corrected chi connectivity index (χ3v) is 5.01. The van der Waals surface area contributed by atoms with Crippen LogP contribution in [0.15, 0.2) is 41.6 Å². The Morgan fingerprint density at radius 3 is 2.25 bits per heavy atom. The van der Waals surface area contributed by atoms with Crippen LogP contribution in [-0.4, -0.2) is 58.1 Å². The van der Waals surface area contributed by atoms with Gasteiger partial charge in [-0.2, -0.15) is 27.0 Å². The molecule has 0 amide bonds. The van der Waals surface area contributed by atoms with Crippen LogP contribution < -0.4 is 0 Å². The summed E-state index contributed by atoms with van der Waals surface area (Å²) in [5.41, 5.74) is -0.350. The molecule has 32 heavy (non-hydrogen) atoms. The molecule has 0 bridgehead atoms. The minimum atomic E-state index is -6.09. The van der Waals surface area contributed by atoms with Gasteiger partial charge in [0.05, 0.1) is 6.61 Å². The van der Waals surface area contributed by atoms with Gasteiger partial charge in [0.15, 0.2) is 5.71 Å². The van der Waals surface area contributed by atoms with Crippen LogP contribution in [0.4, 0.5) is 18.0 Å². The zero-order valence-corrected chi connectivity index (χ0v) is 16.5. The summed E-state index contributed by atoms with van der Waals surface area (Å²) in [7, 11) is -6.09. The number of aromatic hydroxyl groups is 2. The van der Waals surface area contributed by atoms with Crippen molar-refractivity contribution in [2.45, 2.75) is 18.0 Å². The minimum Gasteiger partial charge on any atom is -0.494 e. The van der Waals surface area contributed by atoms with Gasteiger partial charge in [-0.3, -0.25) is 4.28 Å². The molecule has 11 nitrogen and oxygen atoms in total. The van der Waals surface area contributed by atoms with E-state index in [1.807, 2.05) is 0 Å². The lowest BCUT2D eigenvalue weighted by atomic mass is 10.1. The van der Waals surface area contributed by atoms with E-state index < -0.39 is 51.7 Å². The maximum absolute atomic E-state index is 14.0. The number of ether oxygens (including phenoxy) is 1. The molecule has 0 spiro atoms. The van der Waals surface area contributed by atoms with E-state index >= 15 is 0 Å². The Kier molecular flexibility index (Phi) is 7.33. The van der Waals surface area contributed by atoms with Gasteiger partial charge in [-0.05, 0) is 5.56 Å². The second-order valence-electron chi connectivity index (χ2n) is 5.93. The number of halogens is 3. The lowest BCUT2D eigenvalue weighted by molar-refractivity contribution is -0.0328. The van der Waals surface area contributed by atoms with E-state index in [1.165, 1.54) is 30.3 Å². The number of rotatable bonds is 8. The van der Waals surface area contributed by atoms with Gasteiger partial charge in [-0.15, -0.1) is 0 Å². The highest BCUT2D eigenvalue weighted by atomic mass is 32.2. The molecular formula is C17H14F3N3O8S. The predicted molar refractivity (Wildman–Crippen MR) is 98.9 cm³/mol. The Labute approximate surface area is 178 Å². The quantitative estimate of drug-likeness (QED) is 0.377. The highest BCUT2D eigenvalue weighted by Gasteiger charge is 2.56. The fourth-order valence-electron chi connectivity index (χ4n) is 2.11. The molecule has 2 aromatic rings. The van der Waals surface area contributed by atoms with Gasteiger partial charge in [-0.25, -0.2) is 9.18 Å².